The minimum atomic E-state index is -0.626. The van der Waals surface area contributed by atoms with Gasteiger partial charge in [0.2, 0.25) is 0 Å². The number of carbonyl (C=O) groups is 1. The SMILES string of the molecule is Cc1ccc(C)c(NC(=O)/C(C#N)=c2/s/c(=C/c3ccc([N+](=O)[O-])cc3)c(=O)n2-c2ccccc2)c1. The number of aromatic nitrogens is 1. The molecule has 0 fully saturated rings. The highest BCUT2D eigenvalue weighted by Crippen LogP contribution is 2.17. The number of nitriles is 1. The van der Waals surface area contributed by atoms with Crippen LogP contribution in [0.25, 0.3) is 17.3 Å². The molecule has 4 rings (SSSR count). The third-order valence-electron chi connectivity index (χ3n) is 5.43. The summed E-state index contributed by atoms with van der Waals surface area (Å²) in [5.74, 6) is -0.626. The number of benzene rings is 3. The first-order valence-corrected chi connectivity index (χ1v) is 11.7. The zero-order valence-electron chi connectivity index (χ0n) is 19.4. The van der Waals surface area contributed by atoms with E-state index in [9.17, 15) is 25.0 Å². The monoisotopic (exact) mass is 496 g/mol. The Balaban J connectivity index is 1.93. The number of non-ortho nitro benzene ring substituents is 1. The van der Waals surface area contributed by atoms with Crippen LogP contribution in [0.5, 0.6) is 0 Å². The largest absolute Gasteiger partial charge is 0.321 e. The van der Waals surface area contributed by atoms with Gasteiger partial charge in [-0.2, -0.15) is 5.26 Å². The normalized spacial score (nSPS) is 12.1. The summed E-state index contributed by atoms with van der Waals surface area (Å²) in [5, 5.41) is 23.7. The minimum absolute atomic E-state index is 0.0658. The summed E-state index contributed by atoms with van der Waals surface area (Å²) in [5.41, 5.74) is 2.77. The van der Waals surface area contributed by atoms with Crippen molar-refractivity contribution in [2.75, 3.05) is 5.32 Å². The zero-order valence-corrected chi connectivity index (χ0v) is 20.2. The highest BCUT2D eigenvalue weighted by molar-refractivity contribution is 7.07. The lowest BCUT2D eigenvalue weighted by atomic mass is 10.1. The topological polar surface area (TPSA) is 118 Å². The third-order valence-corrected chi connectivity index (χ3v) is 6.53. The number of nitrogens with one attached hydrogen (secondary N) is 1. The molecule has 0 bridgehead atoms. The molecule has 1 heterocycles. The highest BCUT2D eigenvalue weighted by Gasteiger charge is 2.18. The predicted molar refractivity (Wildman–Crippen MR) is 139 cm³/mol. The number of nitro benzene ring substituents is 1. The number of rotatable bonds is 5. The second-order valence-corrected chi connectivity index (χ2v) is 9.03. The Kier molecular flexibility index (Phi) is 6.90. The molecule has 178 valence electrons. The Morgan fingerprint density at radius 3 is 2.42 bits per heavy atom. The predicted octanol–water partition coefficient (Wildman–Crippen LogP) is 3.57. The number of nitro groups is 1. The van der Waals surface area contributed by atoms with Crippen LogP contribution in [-0.2, 0) is 4.79 Å². The van der Waals surface area contributed by atoms with Crippen LogP contribution in [0.1, 0.15) is 16.7 Å². The maximum absolute atomic E-state index is 13.4. The average Bonchev–Trinajstić information content (AvgIpc) is 3.18. The molecule has 0 unspecified atom stereocenters. The molecule has 36 heavy (non-hydrogen) atoms. The van der Waals surface area contributed by atoms with Gasteiger partial charge in [0, 0.05) is 17.8 Å². The molecule has 0 aliphatic rings. The molecule has 0 aliphatic heterocycles. The van der Waals surface area contributed by atoms with E-state index in [1.165, 1.54) is 28.8 Å². The molecule has 8 nitrogen and oxygen atoms in total. The number of hydrogen-bond acceptors (Lipinski definition) is 6. The molecule has 4 aromatic rings. The molecule has 1 N–H and O–H groups in total. The molecule has 1 amide bonds. The van der Waals surface area contributed by atoms with E-state index in [2.05, 4.69) is 5.32 Å². The Morgan fingerprint density at radius 1 is 1.08 bits per heavy atom. The molecular formula is C27H20N4O4S. The molecule has 1 aromatic heterocycles. The first-order chi connectivity index (χ1) is 17.3. The first kappa shape index (κ1) is 24.3. The van der Waals surface area contributed by atoms with Gasteiger partial charge < -0.3 is 5.32 Å². The number of para-hydroxylation sites is 1. The molecule has 0 atom stereocenters. The molecular weight excluding hydrogens is 476 g/mol. The van der Waals surface area contributed by atoms with Crippen molar-refractivity contribution in [1.29, 1.82) is 5.26 Å². The van der Waals surface area contributed by atoms with E-state index >= 15 is 0 Å². The average molecular weight is 497 g/mol. The summed E-state index contributed by atoms with van der Waals surface area (Å²) in [4.78, 5) is 37.1. The Morgan fingerprint density at radius 2 is 1.78 bits per heavy atom. The molecule has 3 aromatic carbocycles. The van der Waals surface area contributed by atoms with E-state index in [-0.39, 0.29) is 20.5 Å². The van der Waals surface area contributed by atoms with Crippen molar-refractivity contribution in [2.45, 2.75) is 13.8 Å². The zero-order chi connectivity index (χ0) is 25.8. The van der Waals surface area contributed by atoms with Crippen LogP contribution < -0.4 is 20.1 Å². The van der Waals surface area contributed by atoms with Crippen molar-refractivity contribution in [3.05, 3.63) is 119 Å². The first-order valence-electron chi connectivity index (χ1n) is 10.8. The standard InChI is InChI=1S/C27H20N4O4S/c1-17-8-9-18(2)23(14-17)29-25(32)22(16-28)27-30(20-6-4-3-5-7-20)26(33)24(36-27)15-19-10-12-21(13-11-19)31(34)35/h3-15H,1-2H3,(H,29,32)/b24-15+,27-22+. The van der Waals surface area contributed by atoms with Crippen LogP contribution in [0.2, 0.25) is 0 Å². The van der Waals surface area contributed by atoms with Gasteiger partial charge in [0.25, 0.3) is 17.2 Å². The van der Waals surface area contributed by atoms with Gasteiger partial charge in [-0.05, 0) is 66.9 Å². The van der Waals surface area contributed by atoms with Gasteiger partial charge in [0.1, 0.15) is 10.7 Å². The van der Waals surface area contributed by atoms with Crippen LogP contribution in [0.4, 0.5) is 11.4 Å². The van der Waals surface area contributed by atoms with Gasteiger partial charge in [-0.15, -0.1) is 11.3 Å². The number of carbonyl (C=O) groups excluding carboxylic acids is 1. The van der Waals surface area contributed by atoms with Gasteiger partial charge >= 0.3 is 0 Å². The fourth-order valence-corrected chi connectivity index (χ4v) is 4.66. The number of aryl methyl sites for hydroxylation is 2. The molecule has 0 saturated carbocycles. The van der Waals surface area contributed by atoms with Crippen LogP contribution in [0, 0.1) is 35.3 Å². The molecule has 0 aliphatic carbocycles. The van der Waals surface area contributed by atoms with E-state index in [4.69, 9.17) is 0 Å². The van der Waals surface area contributed by atoms with E-state index in [0.717, 1.165) is 22.5 Å². The van der Waals surface area contributed by atoms with Crippen molar-refractivity contribution in [1.82, 2.24) is 4.57 Å². The Hall–Kier alpha value is -4.81. The minimum Gasteiger partial charge on any atom is -0.321 e. The van der Waals surface area contributed by atoms with Crippen molar-refractivity contribution in [3.63, 3.8) is 0 Å². The summed E-state index contributed by atoms with van der Waals surface area (Å²) in [6, 6.07) is 22.1. The van der Waals surface area contributed by atoms with Crippen LogP contribution in [-0.4, -0.2) is 15.4 Å². The second-order valence-electron chi connectivity index (χ2n) is 8.00. The lowest BCUT2D eigenvalue weighted by Gasteiger charge is -2.09. The summed E-state index contributed by atoms with van der Waals surface area (Å²) < 4.78 is 1.79. The van der Waals surface area contributed by atoms with Crippen LogP contribution in [0.15, 0.2) is 77.6 Å². The molecule has 9 heteroatoms. The fraction of sp³-hybridized carbons (Fsp3) is 0.0741. The van der Waals surface area contributed by atoms with Gasteiger partial charge in [-0.3, -0.25) is 24.3 Å². The number of hydrogen-bond donors (Lipinski definition) is 1. The molecule has 0 radical (unpaired) electrons. The Labute approximate surface area is 209 Å². The van der Waals surface area contributed by atoms with Gasteiger partial charge in [-0.1, -0.05) is 30.3 Å². The van der Waals surface area contributed by atoms with Gasteiger partial charge in [-0.25, -0.2) is 0 Å². The molecule has 0 spiro atoms. The highest BCUT2D eigenvalue weighted by atomic mass is 32.1. The summed E-state index contributed by atoms with van der Waals surface area (Å²) in [6.07, 6.45) is 1.58. The number of nitrogens with zero attached hydrogens (tertiary/aromatic N) is 3. The number of anilines is 1. The maximum Gasteiger partial charge on any atom is 0.273 e. The van der Waals surface area contributed by atoms with E-state index in [1.807, 2.05) is 38.1 Å². The van der Waals surface area contributed by atoms with Crippen molar-refractivity contribution < 1.29 is 9.72 Å². The smallest absolute Gasteiger partial charge is 0.273 e. The van der Waals surface area contributed by atoms with Gasteiger partial charge in [0.05, 0.1) is 15.1 Å². The van der Waals surface area contributed by atoms with Crippen LogP contribution >= 0.6 is 11.3 Å². The summed E-state index contributed by atoms with van der Waals surface area (Å²) >= 11 is 1.01. The summed E-state index contributed by atoms with van der Waals surface area (Å²) in [6.45, 7) is 3.75. The van der Waals surface area contributed by atoms with E-state index in [1.54, 1.807) is 36.4 Å². The maximum atomic E-state index is 13.4. The van der Waals surface area contributed by atoms with Crippen LogP contribution in [0.3, 0.4) is 0 Å². The van der Waals surface area contributed by atoms with Gasteiger partial charge in [0.15, 0.2) is 5.57 Å². The fourth-order valence-electron chi connectivity index (χ4n) is 3.56. The number of thiazole rings is 1. The summed E-state index contributed by atoms with van der Waals surface area (Å²) in [7, 11) is 0. The van der Waals surface area contributed by atoms with Crippen molar-refractivity contribution >= 4 is 40.3 Å². The Bertz CT molecular complexity index is 1700. The third kappa shape index (κ3) is 4.99. The number of amides is 1. The lowest BCUT2D eigenvalue weighted by molar-refractivity contribution is -0.384. The van der Waals surface area contributed by atoms with Crippen molar-refractivity contribution in [3.8, 4) is 11.8 Å². The van der Waals surface area contributed by atoms with E-state index in [0.29, 0.717) is 16.9 Å². The second kappa shape index (κ2) is 10.2. The van der Waals surface area contributed by atoms with E-state index < -0.39 is 16.4 Å². The van der Waals surface area contributed by atoms with Crippen molar-refractivity contribution in [2.24, 2.45) is 0 Å². The lowest BCUT2D eigenvalue weighted by Crippen LogP contribution is -2.32. The molecule has 0 saturated heterocycles. The quantitative estimate of drug-likeness (QED) is 0.335.